The first kappa shape index (κ1) is 12.4. The summed E-state index contributed by atoms with van der Waals surface area (Å²) in [6.07, 6.45) is 6.34. The van der Waals surface area contributed by atoms with Crippen molar-refractivity contribution >= 4 is 5.97 Å². The van der Waals surface area contributed by atoms with E-state index in [0.29, 0.717) is 12.6 Å². The lowest BCUT2D eigenvalue weighted by atomic mass is 10.0. The van der Waals surface area contributed by atoms with Crippen LogP contribution in [-0.2, 0) is 4.79 Å². The topological polar surface area (TPSA) is 52.6 Å². The molecule has 0 aromatic heterocycles. The summed E-state index contributed by atoms with van der Waals surface area (Å²) < 4.78 is 0. The first-order chi connectivity index (χ1) is 8.57. The molecule has 0 bridgehead atoms. The summed E-state index contributed by atoms with van der Waals surface area (Å²) in [4.78, 5) is 13.9. The van der Waals surface area contributed by atoms with Crippen LogP contribution in [0.4, 0.5) is 0 Å². The maximum Gasteiger partial charge on any atom is 0.324 e. The number of nitrogens with one attached hydrogen (secondary N) is 1. The molecule has 1 saturated heterocycles. The molecule has 1 heterocycles. The minimum absolute atomic E-state index is 0.438. The van der Waals surface area contributed by atoms with Crippen LogP contribution in [-0.4, -0.2) is 47.2 Å². The molecule has 2 saturated carbocycles. The number of hydrogen-bond donors (Lipinski definition) is 2. The maximum atomic E-state index is 11.5. The second-order valence-corrected chi connectivity index (χ2v) is 6.70. The molecule has 0 aromatic rings. The molecule has 0 radical (unpaired) electrons. The quantitative estimate of drug-likeness (QED) is 0.775. The number of likely N-dealkylation sites (tertiary alicyclic amines) is 1. The van der Waals surface area contributed by atoms with Gasteiger partial charge in [-0.3, -0.25) is 10.1 Å². The zero-order valence-electron chi connectivity index (χ0n) is 11.2. The van der Waals surface area contributed by atoms with E-state index >= 15 is 0 Å². The number of carboxylic acids is 1. The summed E-state index contributed by atoms with van der Waals surface area (Å²) in [5.41, 5.74) is -0.764. The van der Waals surface area contributed by atoms with Gasteiger partial charge < -0.3 is 10.0 Å². The first-order valence-corrected chi connectivity index (χ1v) is 7.30. The zero-order chi connectivity index (χ0) is 12.8. The monoisotopic (exact) mass is 252 g/mol. The van der Waals surface area contributed by atoms with E-state index in [1.165, 1.54) is 19.3 Å². The van der Waals surface area contributed by atoms with Crippen LogP contribution >= 0.6 is 0 Å². The average Bonchev–Trinajstić information content (AvgIpc) is 2.84. The van der Waals surface area contributed by atoms with Gasteiger partial charge in [0.15, 0.2) is 0 Å². The van der Waals surface area contributed by atoms with Crippen LogP contribution in [0.5, 0.6) is 0 Å². The number of carboxylic acid groups (broad SMARTS) is 1. The lowest BCUT2D eigenvalue weighted by Crippen LogP contribution is -2.57. The van der Waals surface area contributed by atoms with E-state index in [1.807, 2.05) is 6.92 Å². The van der Waals surface area contributed by atoms with Gasteiger partial charge in [0.25, 0.3) is 0 Å². The third kappa shape index (κ3) is 2.41. The van der Waals surface area contributed by atoms with Crippen LogP contribution in [0.2, 0.25) is 0 Å². The molecule has 3 fully saturated rings. The molecule has 0 aromatic carbocycles. The van der Waals surface area contributed by atoms with Crippen LogP contribution < -0.4 is 5.32 Å². The third-order valence-corrected chi connectivity index (χ3v) is 4.91. The Morgan fingerprint density at radius 1 is 1.28 bits per heavy atom. The predicted molar refractivity (Wildman–Crippen MR) is 69.5 cm³/mol. The number of rotatable bonds is 5. The van der Waals surface area contributed by atoms with Crippen molar-refractivity contribution < 1.29 is 9.90 Å². The van der Waals surface area contributed by atoms with Crippen LogP contribution in [0.15, 0.2) is 0 Å². The molecule has 4 nitrogen and oxygen atoms in total. The van der Waals surface area contributed by atoms with Gasteiger partial charge in [0, 0.05) is 25.7 Å². The van der Waals surface area contributed by atoms with Crippen molar-refractivity contribution in [1.82, 2.24) is 10.2 Å². The molecule has 3 rings (SSSR count). The smallest absolute Gasteiger partial charge is 0.324 e. The average molecular weight is 252 g/mol. The van der Waals surface area contributed by atoms with Crippen molar-refractivity contribution in [3.63, 3.8) is 0 Å². The lowest BCUT2D eigenvalue weighted by molar-refractivity contribution is -0.145. The van der Waals surface area contributed by atoms with Gasteiger partial charge in [0.2, 0.25) is 0 Å². The molecular formula is C14H24N2O2. The molecule has 2 aliphatic carbocycles. The number of fused-ring (bicyclic) bond motifs is 1. The third-order valence-electron chi connectivity index (χ3n) is 4.91. The molecule has 3 atom stereocenters. The Morgan fingerprint density at radius 2 is 1.89 bits per heavy atom. The van der Waals surface area contributed by atoms with Crippen molar-refractivity contribution in [2.24, 2.45) is 11.8 Å². The first-order valence-electron chi connectivity index (χ1n) is 7.30. The minimum atomic E-state index is -0.764. The van der Waals surface area contributed by atoms with Crippen molar-refractivity contribution in [2.75, 3.05) is 19.6 Å². The molecular weight excluding hydrogens is 228 g/mol. The van der Waals surface area contributed by atoms with Crippen molar-refractivity contribution in [2.45, 2.75) is 50.6 Å². The standard InChI is InChI=1S/C14H24N2O2/c1-14(13(17)18,15-12-5-6-12)9-16-7-10-3-2-4-11(10)8-16/h10-12,15H,2-9H2,1H3,(H,17,18). The Labute approximate surface area is 109 Å². The Morgan fingerprint density at radius 3 is 2.39 bits per heavy atom. The molecule has 4 heteroatoms. The second-order valence-electron chi connectivity index (χ2n) is 6.70. The van der Waals surface area contributed by atoms with Gasteiger partial charge in [-0.05, 0) is 44.4 Å². The van der Waals surface area contributed by atoms with Crippen molar-refractivity contribution in [3.8, 4) is 0 Å². The molecule has 1 aliphatic heterocycles. The molecule has 2 N–H and O–H groups in total. The van der Waals surface area contributed by atoms with E-state index in [0.717, 1.165) is 37.8 Å². The summed E-state index contributed by atoms with van der Waals surface area (Å²) in [6, 6.07) is 0.438. The highest BCUT2D eigenvalue weighted by Gasteiger charge is 2.43. The Kier molecular flexibility index (Phi) is 3.10. The van der Waals surface area contributed by atoms with Gasteiger partial charge in [0.1, 0.15) is 5.54 Å². The van der Waals surface area contributed by atoms with Gasteiger partial charge in [-0.25, -0.2) is 0 Å². The van der Waals surface area contributed by atoms with Gasteiger partial charge in [-0.15, -0.1) is 0 Å². The van der Waals surface area contributed by atoms with E-state index in [2.05, 4.69) is 10.2 Å². The van der Waals surface area contributed by atoms with Gasteiger partial charge in [-0.2, -0.15) is 0 Å². The molecule has 18 heavy (non-hydrogen) atoms. The summed E-state index contributed by atoms with van der Waals surface area (Å²) in [5, 5.41) is 12.8. The van der Waals surface area contributed by atoms with Crippen LogP contribution in [0.25, 0.3) is 0 Å². The molecule has 102 valence electrons. The van der Waals surface area contributed by atoms with E-state index in [4.69, 9.17) is 0 Å². The van der Waals surface area contributed by atoms with Crippen molar-refractivity contribution in [3.05, 3.63) is 0 Å². The highest BCUT2D eigenvalue weighted by molar-refractivity contribution is 5.78. The fourth-order valence-corrected chi connectivity index (χ4v) is 3.76. The SMILES string of the molecule is CC(CN1CC2CCCC2C1)(NC1CC1)C(=O)O. The Hall–Kier alpha value is -0.610. The molecule has 0 spiro atoms. The Bertz CT molecular complexity index is 331. The van der Waals surface area contributed by atoms with Gasteiger partial charge in [0.05, 0.1) is 0 Å². The zero-order valence-corrected chi connectivity index (χ0v) is 11.2. The number of carbonyl (C=O) groups is 1. The van der Waals surface area contributed by atoms with Gasteiger partial charge >= 0.3 is 5.97 Å². The van der Waals surface area contributed by atoms with E-state index in [9.17, 15) is 9.90 Å². The molecule has 0 amide bonds. The molecule has 3 unspecified atom stereocenters. The van der Waals surface area contributed by atoms with Gasteiger partial charge in [-0.1, -0.05) is 6.42 Å². The van der Waals surface area contributed by atoms with Crippen LogP contribution in [0.1, 0.15) is 39.0 Å². The normalized spacial score (nSPS) is 35.4. The van der Waals surface area contributed by atoms with E-state index < -0.39 is 11.5 Å². The van der Waals surface area contributed by atoms with E-state index in [1.54, 1.807) is 0 Å². The highest BCUT2D eigenvalue weighted by Crippen LogP contribution is 2.38. The maximum absolute atomic E-state index is 11.5. The summed E-state index contributed by atoms with van der Waals surface area (Å²) in [5.74, 6) is 0.972. The number of hydrogen-bond acceptors (Lipinski definition) is 3. The van der Waals surface area contributed by atoms with Crippen LogP contribution in [0.3, 0.4) is 0 Å². The highest BCUT2D eigenvalue weighted by atomic mass is 16.4. The molecule has 3 aliphatic rings. The lowest BCUT2D eigenvalue weighted by Gasteiger charge is -2.31. The number of aliphatic carboxylic acids is 1. The summed E-state index contributed by atoms with van der Waals surface area (Å²) in [7, 11) is 0. The Balaban J connectivity index is 1.60. The van der Waals surface area contributed by atoms with E-state index in [-0.39, 0.29) is 0 Å². The summed E-state index contributed by atoms with van der Waals surface area (Å²) >= 11 is 0. The van der Waals surface area contributed by atoms with Crippen LogP contribution in [0, 0.1) is 11.8 Å². The largest absolute Gasteiger partial charge is 0.480 e. The predicted octanol–water partition coefficient (Wildman–Crippen LogP) is 1.31. The minimum Gasteiger partial charge on any atom is -0.480 e. The number of nitrogens with zero attached hydrogens (tertiary/aromatic N) is 1. The fraction of sp³-hybridized carbons (Fsp3) is 0.929. The van der Waals surface area contributed by atoms with Crippen molar-refractivity contribution in [1.29, 1.82) is 0 Å². The summed E-state index contributed by atoms with van der Waals surface area (Å²) in [6.45, 7) is 4.73. The fourth-order valence-electron chi connectivity index (χ4n) is 3.76. The second kappa shape index (κ2) is 4.49.